The summed E-state index contributed by atoms with van der Waals surface area (Å²) >= 11 is 6.22. The number of hydrogen-bond donors (Lipinski definition) is 1. The minimum Gasteiger partial charge on any atom is -0.396 e. The lowest BCUT2D eigenvalue weighted by Gasteiger charge is -2.34. The van der Waals surface area contributed by atoms with Crippen molar-refractivity contribution in [1.82, 2.24) is 0 Å². The zero-order chi connectivity index (χ0) is 11.8. The van der Waals surface area contributed by atoms with E-state index in [9.17, 15) is 5.11 Å². The molecule has 0 amide bonds. The van der Waals surface area contributed by atoms with Gasteiger partial charge in [0.1, 0.15) is 0 Å². The molecular formula is C13H18ClNO. The van der Waals surface area contributed by atoms with Crippen LogP contribution in [0.2, 0.25) is 5.02 Å². The van der Waals surface area contributed by atoms with Crippen LogP contribution in [0, 0.1) is 5.92 Å². The van der Waals surface area contributed by atoms with Crippen molar-refractivity contribution in [2.45, 2.75) is 25.8 Å². The second kappa shape index (κ2) is 4.27. The van der Waals surface area contributed by atoms with Crippen molar-refractivity contribution in [3.05, 3.63) is 29.3 Å². The van der Waals surface area contributed by atoms with Crippen LogP contribution in [0.4, 0.5) is 5.69 Å². The summed E-state index contributed by atoms with van der Waals surface area (Å²) < 4.78 is 0. The van der Waals surface area contributed by atoms with Gasteiger partial charge in [0.15, 0.2) is 0 Å². The van der Waals surface area contributed by atoms with E-state index in [4.69, 9.17) is 11.6 Å². The van der Waals surface area contributed by atoms with Gasteiger partial charge in [-0.05, 0) is 32.4 Å². The van der Waals surface area contributed by atoms with Gasteiger partial charge in [0.2, 0.25) is 0 Å². The van der Waals surface area contributed by atoms with Gasteiger partial charge in [-0.2, -0.15) is 0 Å². The molecule has 1 N–H and O–H groups in total. The van der Waals surface area contributed by atoms with Crippen LogP contribution >= 0.6 is 11.6 Å². The SMILES string of the molecule is CC1(C)CC(CO)CN1c1ccccc1Cl. The fourth-order valence-corrected chi connectivity index (χ4v) is 2.84. The molecular weight excluding hydrogens is 222 g/mol. The van der Waals surface area contributed by atoms with Gasteiger partial charge in [0.05, 0.1) is 10.7 Å². The third-order valence-electron chi connectivity index (χ3n) is 3.36. The van der Waals surface area contributed by atoms with Crippen molar-refractivity contribution in [3.63, 3.8) is 0 Å². The van der Waals surface area contributed by atoms with Gasteiger partial charge in [-0.15, -0.1) is 0 Å². The zero-order valence-corrected chi connectivity index (χ0v) is 10.5. The van der Waals surface area contributed by atoms with E-state index in [2.05, 4.69) is 18.7 Å². The molecule has 1 aliphatic rings. The monoisotopic (exact) mass is 239 g/mol. The van der Waals surface area contributed by atoms with Crippen molar-refractivity contribution >= 4 is 17.3 Å². The van der Waals surface area contributed by atoms with Crippen LogP contribution in [0.25, 0.3) is 0 Å². The molecule has 2 rings (SSSR count). The Bertz CT molecular complexity index is 378. The lowest BCUT2D eigenvalue weighted by Crippen LogP contribution is -2.38. The number of hydrogen-bond acceptors (Lipinski definition) is 2. The molecule has 0 aromatic heterocycles. The van der Waals surface area contributed by atoms with Crippen LogP contribution in [0.1, 0.15) is 20.3 Å². The lowest BCUT2D eigenvalue weighted by atomic mass is 9.97. The van der Waals surface area contributed by atoms with E-state index in [-0.39, 0.29) is 12.1 Å². The Hall–Kier alpha value is -0.730. The van der Waals surface area contributed by atoms with Gasteiger partial charge < -0.3 is 10.0 Å². The summed E-state index contributed by atoms with van der Waals surface area (Å²) in [6.45, 7) is 5.54. The first-order valence-electron chi connectivity index (χ1n) is 5.67. The fourth-order valence-electron chi connectivity index (χ4n) is 2.60. The van der Waals surface area contributed by atoms with Crippen molar-refractivity contribution in [1.29, 1.82) is 0 Å². The fraction of sp³-hybridized carbons (Fsp3) is 0.538. The molecule has 0 spiro atoms. The topological polar surface area (TPSA) is 23.5 Å². The molecule has 1 heterocycles. The van der Waals surface area contributed by atoms with E-state index in [1.807, 2.05) is 24.3 Å². The maximum atomic E-state index is 9.27. The normalized spacial score (nSPS) is 23.8. The molecule has 0 saturated carbocycles. The van der Waals surface area contributed by atoms with Crippen LogP contribution < -0.4 is 4.90 Å². The molecule has 0 aliphatic carbocycles. The molecule has 1 aromatic rings. The average Bonchev–Trinajstić information content (AvgIpc) is 2.54. The summed E-state index contributed by atoms with van der Waals surface area (Å²) in [6.07, 6.45) is 1.01. The Labute approximate surface area is 102 Å². The van der Waals surface area contributed by atoms with E-state index < -0.39 is 0 Å². The third kappa shape index (κ3) is 2.04. The number of para-hydroxylation sites is 1. The smallest absolute Gasteiger partial charge is 0.0639 e. The molecule has 3 heteroatoms. The summed E-state index contributed by atoms with van der Waals surface area (Å²) in [4.78, 5) is 2.30. The Morgan fingerprint density at radius 3 is 2.69 bits per heavy atom. The molecule has 1 unspecified atom stereocenters. The van der Waals surface area contributed by atoms with Crippen molar-refractivity contribution in [2.75, 3.05) is 18.1 Å². The molecule has 0 radical (unpaired) electrons. The molecule has 2 nitrogen and oxygen atoms in total. The first-order chi connectivity index (χ1) is 7.54. The molecule has 1 aliphatic heterocycles. The minimum absolute atomic E-state index is 0.0678. The number of anilines is 1. The van der Waals surface area contributed by atoms with E-state index in [0.29, 0.717) is 5.92 Å². The largest absolute Gasteiger partial charge is 0.396 e. The third-order valence-corrected chi connectivity index (χ3v) is 3.68. The van der Waals surface area contributed by atoms with Crippen molar-refractivity contribution < 1.29 is 5.11 Å². The van der Waals surface area contributed by atoms with Crippen LogP contribution in [-0.4, -0.2) is 23.8 Å². The second-order valence-electron chi connectivity index (χ2n) is 5.13. The summed E-state index contributed by atoms with van der Waals surface area (Å²) in [5, 5.41) is 10.1. The Morgan fingerprint density at radius 1 is 1.44 bits per heavy atom. The van der Waals surface area contributed by atoms with Crippen LogP contribution in [0.15, 0.2) is 24.3 Å². The van der Waals surface area contributed by atoms with E-state index in [1.165, 1.54) is 0 Å². The summed E-state index contributed by atoms with van der Waals surface area (Å²) in [6, 6.07) is 7.91. The van der Waals surface area contributed by atoms with Crippen LogP contribution in [0.3, 0.4) is 0 Å². The van der Waals surface area contributed by atoms with Crippen LogP contribution in [-0.2, 0) is 0 Å². The molecule has 1 aromatic carbocycles. The first kappa shape index (κ1) is 11.7. The van der Waals surface area contributed by atoms with Gasteiger partial charge in [-0.1, -0.05) is 23.7 Å². The summed E-state index contributed by atoms with van der Waals surface area (Å²) in [5.41, 5.74) is 1.14. The lowest BCUT2D eigenvalue weighted by molar-refractivity contribution is 0.232. The highest BCUT2D eigenvalue weighted by atomic mass is 35.5. The predicted octanol–water partition coefficient (Wildman–Crippen LogP) is 2.94. The van der Waals surface area contributed by atoms with Gasteiger partial charge in [-0.3, -0.25) is 0 Å². The number of halogens is 1. The van der Waals surface area contributed by atoms with Gasteiger partial charge >= 0.3 is 0 Å². The predicted molar refractivity (Wildman–Crippen MR) is 68.1 cm³/mol. The van der Waals surface area contributed by atoms with E-state index in [0.717, 1.165) is 23.7 Å². The molecule has 1 saturated heterocycles. The van der Waals surface area contributed by atoms with Crippen molar-refractivity contribution in [2.24, 2.45) is 5.92 Å². The maximum Gasteiger partial charge on any atom is 0.0639 e. The van der Waals surface area contributed by atoms with Gasteiger partial charge in [0.25, 0.3) is 0 Å². The number of aliphatic hydroxyl groups excluding tert-OH is 1. The minimum atomic E-state index is 0.0678. The molecule has 1 atom stereocenters. The second-order valence-corrected chi connectivity index (χ2v) is 5.53. The van der Waals surface area contributed by atoms with Crippen molar-refractivity contribution in [3.8, 4) is 0 Å². The standard InChI is InChI=1S/C13H18ClNO/c1-13(2)7-10(9-16)8-15(13)12-6-4-3-5-11(12)14/h3-6,10,16H,7-9H2,1-2H3. The van der Waals surface area contributed by atoms with E-state index in [1.54, 1.807) is 0 Å². The highest BCUT2D eigenvalue weighted by Gasteiger charge is 2.38. The zero-order valence-electron chi connectivity index (χ0n) is 9.78. The average molecular weight is 240 g/mol. The maximum absolute atomic E-state index is 9.27. The number of rotatable bonds is 2. The van der Waals surface area contributed by atoms with Gasteiger partial charge in [-0.25, -0.2) is 0 Å². The number of benzene rings is 1. The molecule has 88 valence electrons. The van der Waals surface area contributed by atoms with E-state index >= 15 is 0 Å². The first-order valence-corrected chi connectivity index (χ1v) is 6.05. The van der Waals surface area contributed by atoms with Crippen LogP contribution in [0.5, 0.6) is 0 Å². The highest BCUT2D eigenvalue weighted by Crippen LogP contribution is 2.39. The molecule has 0 bridgehead atoms. The number of nitrogens with zero attached hydrogens (tertiary/aromatic N) is 1. The highest BCUT2D eigenvalue weighted by molar-refractivity contribution is 6.33. The Morgan fingerprint density at radius 2 is 2.12 bits per heavy atom. The quantitative estimate of drug-likeness (QED) is 0.858. The Kier molecular flexibility index (Phi) is 3.13. The summed E-state index contributed by atoms with van der Waals surface area (Å²) in [5.74, 6) is 0.353. The summed E-state index contributed by atoms with van der Waals surface area (Å²) in [7, 11) is 0. The molecule has 16 heavy (non-hydrogen) atoms. The molecule has 1 fully saturated rings. The van der Waals surface area contributed by atoms with Gasteiger partial charge in [0, 0.05) is 24.6 Å². The number of aliphatic hydroxyl groups is 1. The Balaban J connectivity index is 2.31.